The van der Waals surface area contributed by atoms with Gasteiger partial charge in [0, 0.05) is 29.6 Å². The summed E-state index contributed by atoms with van der Waals surface area (Å²) in [5.41, 5.74) is 10.4. The van der Waals surface area contributed by atoms with E-state index in [0.29, 0.717) is 6.61 Å². The molecule has 4 aliphatic rings. The molecule has 3 heterocycles. The van der Waals surface area contributed by atoms with Crippen LogP contribution in [0.25, 0.3) is 5.70 Å². The van der Waals surface area contributed by atoms with Crippen LogP contribution in [0.3, 0.4) is 0 Å². The van der Waals surface area contributed by atoms with Crippen LogP contribution in [0.15, 0.2) is 89.4 Å². The van der Waals surface area contributed by atoms with Crippen LogP contribution in [0, 0.1) is 0 Å². The van der Waals surface area contributed by atoms with Gasteiger partial charge < -0.3 is 31.4 Å². The van der Waals surface area contributed by atoms with Crippen LogP contribution in [0.2, 0.25) is 0 Å². The van der Waals surface area contributed by atoms with E-state index in [9.17, 15) is 0 Å². The molecule has 2 unspecified atom stereocenters. The minimum Gasteiger partial charge on any atom is -1.00 e. The lowest BCUT2D eigenvalue weighted by atomic mass is 9.79. The third-order valence-corrected chi connectivity index (χ3v) is 8.11. The number of methoxy groups -OCH3 is 1. The minimum absolute atomic E-state index is 0. The van der Waals surface area contributed by atoms with Crippen molar-refractivity contribution in [1.82, 2.24) is 0 Å². The fourth-order valence-electron chi connectivity index (χ4n) is 5.99. The zero-order chi connectivity index (χ0) is 27.1. The van der Waals surface area contributed by atoms with E-state index in [0.717, 1.165) is 36.6 Å². The lowest BCUT2D eigenvalue weighted by Crippen LogP contribution is -3.06. The first-order chi connectivity index (χ1) is 18.9. The molecule has 0 saturated carbocycles. The molecule has 0 bridgehead atoms. The average Bonchev–Trinajstić information content (AvgIpc) is 3.39. The highest BCUT2D eigenvalue weighted by molar-refractivity contribution is 5.77. The van der Waals surface area contributed by atoms with Gasteiger partial charge in [0.05, 0.1) is 20.3 Å². The second-order valence-corrected chi connectivity index (χ2v) is 11.6. The van der Waals surface area contributed by atoms with Crippen molar-refractivity contribution in [3.63, 3.8) is 0 Å². The molecule has 0 aromatic heterocycles. The molecular formula is C34H38ClNO4. The lowest BCUT2D eigenvalue weighted by molar-refractivity contribution is -0.771. The van der Waals surface area contributed by atoms with E-state index in [4.69, 9.17) is 18.9 Å². The van der Waals surface area contributed by atoms with Gasteiger partial charge in [-0.25, -0.2) is 0 Å². The van der Waals surface area contributed by atoms with Crippen molar-refractivity contribution in [1.29, 1.82) is 0 Å². The molecule has 2 aromatic rings. The zero-order valence-electron chi connectivity index (χ0n) is 24.0. The standard InChI is InChI=1S/C34H37NO4.ClH/c1-6-7-16-37-33-28-20-35-15-14-23-18-30-31(39-21-38-30)19-26(23)32(35)27(25(28)12-13-29(33)36-5)17-22-8-10-24(11-9-22)34(2,3)4;/h6-13,18-20,33H,14-17,21H2,1-5H3;1H/b7-6+;. The Hall–Kier alpha value is -3.25. The zero-order valence-corrected chi connectivity index (χ0v) is 24.7. The Labute approximate surface area is 243 Å². The van der Waals surface area contributed by atoms with Crippen molar-refractivity contribution in [2.45, 2.75) is 52.1 Å². The van der Waals surface area contributed by atoms with Gasteiger partial charge in [-0.05, 0) is 52.8 Å². The molecule has 0 saturated heterocycles. The topological polar surface area (TPSA) is 41.4 Å². The number of halogens is 1. The van der Waals surface area contributed by atoms with Crippen LogP contribution in [-0.2, 0) is 27.7 Å². The molecule has 0 fully saturated rings. The predicted octanol–water partition coefficient (Wildman–Crippen LogP) is 2.44. The summed E-state index contributed by atoms with van der Waals surface area (Å²) < 4.78 is 23.7. The number of rotatable bonds is 6. The quantitative estimate of drug-likeness (QED) is 0.552. The maximum absolute atomic E-state index is 6.40. The first-order valence-corrected chi connectivity index (χ1v) is 13.9. The number of benzene rings is 2. The Balaban J connectivity index is 0.00000323. The van der Waals surface area contributed by atoms with Crippen LogP contribution in [0.4, 0.5) is 0 Å². The molecule has 210 valence electrons. The third-order valence-electron chi connectivity index (χ3n) is 8.11. The van der Waals surface area contributed by atoms with Crippen molar-refractivity contribution in [3.8, 4) is 11.5 Å². The molecule has 5 nitrogen and oxygen atoms in total. The molecule has 0 radical (unpaired) electrons. The summed E-state index contributed by atoms with van der Waals surface area (Å²) in [6, 6.07) is 13.5. The largest absolute Gasteiger partial charge is 1.00 e. The normalized spacial score (nSPS) is 21.1. The van der Waals surface area contributed by atoms with Crippen LogP contribution in [-0.4, -0.2) is 33.2 Å². The van der Waals surface area contributed by atoms with Crippen molar-refractivity contribution in [3.05, 3.63) is 112 Å². The second-order valence-electron chi connectivity index (χ2n) is 11.6. The predicted molar refractivity (Wildman–Crippen MR) is 154 cm³/mol. The van der Waals surface area contributed by atoms with Crippen molar-refractivity contribution in [2.75, 3.05) is 27.1 Å². The first kappa shape index (κ1) is 28.3. The molecule has 2 aromatic carbocycles. The minimum atomic E-state index is -0.239. The molecule has 6 heteroatoms. The number of hydrogen-bond donors (Lipinski definition) is 1. The molecular weight excluding hydrogens is 522 g/mol. The Kier molecular flexibility index (Phi) is 8.01. The molecule has 0 spiro atoms. The number of nitrogens with one attached hydrogen (secondary N) is 1. The van der Waals surface area contributed by atoms with E-state index in [-0.39, 0.29) is 30.7 Å². The maximum Gasteiger partial charge on any atom is 0.231 e. The summed E-state index contributed by atoms with van der Waals surface area (Å²) in [4.78, 5) is 1.35. The van der Waals surface area contributed by atoms with Crippen LogP contribution >= 0.6 is 0 Å². The SMILES string of the molecule is C/C=C/COC1C(OC)=CC=C2C1=C[NH+]1CCc3cc4c(cc3C1=C2Cc1ccc(C(C)(C)C)cc1)OCO4.[Cl-]. The number of ether oxygens (including phenoxy) is 4. The summed E-state index contributed by atoms with van der Waals surface area (Å²) in [5, 5.41) is 0. The Morgan fingerprint density at radius 3 is 2.50 bits per heavy atom. The van der Waals surface area contributed by atoms with E-state index in [1.165, 1.54) is 49.6 Å². The van der Waals surface area contributed by atoms with Crippen LogP contribution in [0.5, 0.6) is 11.5 Å². The fraction of sp³-hybridized carbons (Fsp3) is 0.353. The number of fused-ring (bicyclic) bond motifs is 5. The summed E-state index contributed by atoms with van der Waals surface area (Å²) in [6.45, 7) is 10.6. The number of quaternary nitrogens is 1. The van der Waals surface area contributed by atoms with Gasteiger partial charge in [-0.2, -0.15) is 0 Å². The summed E-state index contributed by atoms with van der Waals surface area (Å²) in [6.07, 6.45) is 12.3. The molecule has 1 aliphatic carbocycles. The molecule has 0 amide bonds. The highest BCUT2D eigenvalue weighted by Gasteiger charge is 2.40. The fourth-order valence-corrected chi connectivity index (χ4v) is 5.99. The van der Waals surface area contributed by atoms with Crippen LogP contribution < -0.4 is 26.8 Å². The number of hydrogen-bond acceptors (Lipinski definition) is 4. The molecule has 3 aliphatic heterocycles. The third kappa shape index (κ3) is 5.14. The van der Waals surface area contributed by atoms with Gasteiger partial charge in [0.15, 0.2) is 11.5 Å². The van der Waals surface area contributed by atoms with E-state index in [1.807, 2.05) is 19.1 Å². The highest BCUT2D eigenvalue weighted by Crippen LogP contribution is 2.42. The summed E-state index contributed by atoms with van der Waals surface area (Å²) >= 11 is 0. The highest BCUT2D eigenvalue weighted by atomic mass is 35.5. The van der Waals surface area contributed by atoms with Gasteiger partial charge in [0.2, 0.25) is 6.79 Å². The summed E-state index contributed by atoms with van der Waals surface area (Å²) in [5.74, 6) is 2.52. The van der Waals surface area contributed by atoms with E-state index in [2.05, 4.69) is 75.5 Å². The van der Waals surface area contributed by atoms with Gasteiger partial charge in [-0.15, -0.1) is 0 Å². The van der Waals surface area contributed by atoms with Crippen molar-refractivity contribution >= 4 is 5.70 Å². The van der Waals surface area contributed by atoms with Gasteiger partial charge in [-0.3, -0.25) is 4.90 Å². The summed E-state index contributed by atoms with van der Waals surface area (Å²) in [7, 11) is 1.73. The van der Waals surface area contributed by atoms with Crippen molar-refractivity contribution in [2.24, 2.45) is 0 Å². The van der Waals surface area contributed by atoms with Gasteiger partial charge >= 0.3 is 0 Å². The van der Waals surface area contributed by atoms with Crippen LogP contribution in [0.1, 0.15) is 49.9 Å². The Morgan fingerprint density at radius 1 is 1.05 bits per heavy atom. The molecule has 40 heavy (non-hydrogen) atoms. The second kappa shape index (κ2) is 11.3. The van der Waals surface area contributed by atoms with Gasteiger partial charge in [0.25, 0.3) is 0 Å². The molecule has 1 N–H and O–H groups in total. The average molecular weight is 560 g/mol. The molecule has 6 rings (SSSR count). The van der Waals surface area contributed by atoms with E-state index >= 15 is 0 Å². The first-order valence-electron chi connectivity index (χ1n) is 13.9. The van der Waals surface area contributed by atoms with Crippen molar-refractivity contribution < 1.29 is 36.3 Å². The lowest BCUT2D eigenvalue weighted by Gasteiger charge is -2.36. The Morgan fingerprint density at radius 2 is 1.80 bits per heavy atom. The van der Waals surface area contributed by atoms with Gasteiger partial charge in [0.1, 0.15) is 23.8 Å². The Bertz CT molecular complexity index is 1440. The van der Waals surface area contributed by atoms with E-state index in [1.54, 1.807) is 7.11 Å². The smallest absolute Gasteiger partial charge is 0.231 e. The maximum atomic E-state index is 6.40. The monoisotopic (exact) mass is 559 g/mol. The number of allylic oxidation sites excluding steroid dienone is 4. The van der Waals surface area contributed by atoms with E-state index < -0.39 is 0 Å². The van der Waals surface area contributed by atoms with Gasteiger partial charge in [-0.1, -0.05) is 63.3 Å². The molecule has 2 atom stereocenters.